The zero-order valence-corrected chi connectivity index (χ0v) is 15.3. The van der Waals surface area contributed by atoms with Crippen molar-refractivity contribution < 1.29 is 4.39 Å². The number of aryl methyl sites for hydroxylation is 1. The number of aromatic nitrogens is 4. The Morgan fingerprint density at radius 2 is 2.14 bits per heavy atom. The molecule has 0 spiro atoms. The molecule has 0 fully saturated rings. The van der Waals surface area contributed by atoms with Crippen LogP contribution in [0.5, 0.6) is 0 Å². The lowest BCUT2D eigenvalue weighted by molar-refractivity contribution is 0.632. The van der Waals surface area contributed by atoms with Crippen LogP contribution in [0.25, 0.3) is 25.6 Å². The van der Waals surface area contributed by atoms with Crippen LogP contribution in [0.15, 0.2) is 36.8 Å². The van der Waals surface area contributed by atoms with Crippen LogP contribution >= 0.6 is 11.3 Å². The van der Waals surface area contributed by atoms with Gasteiger partial charge in [-0.3, -0.25) is 0 Å². The van der Waals surface area contributed by atoms with E-state index >= 15 is 0 Å². The highest BCUT2D eigenvalue weighted by molar-refractivity contribution is 7.22. The highest BCUT2D eigenvalue weighted by Gasteiger charge is 2.19. The molecule has 1 aromatic carbocycles. The third kappa shape index (κ3) is 3.00. The van der Waals surface area contributed by atoms with Gasteiger partial charge in [-0.2, -0.15) is 5.26 Å². The van der Waals surface area contributed by atoms with E-state index in [9.17, 15) is 9.65 Å². The van der Waals surface area contributed by atoms with Gasteiger partial charge in [0.05, 0.1) is 22.4 Å². The summed E-state index contributed by atoms with van der Waals surface area (Å²) >= 11 is 1.16. The fraction of sp³-hybridized carbons (Fsp3) is 0.0526. The summed E-state index contributed by atoms with van der Waals surface area (Å²) in [4.78, 5) is 20.3. The Labute approximate surface area is 163 Å². The molecule has 0 aliphatic heterocycles. The van der Waals surface area contributed by atoms with Gasteiger partial charge < -0.3 is 5.32 Å². The van der Waals surface area contributed by atoms with Crippen molar-refractivity contribution in [3.63, 3.8) is 0 Å². The smallest absolute Gasteiger partial charge is 0.200 e. The van der Waals surface area contributed by atoms with E-state index in [2.05, 4.69) is 36.2 Å². The summed E-state index contributed by atoms with van der Waals surface area (Å²) in [6.07, 6.45) is 2.83. The number of pyridine rings is 1. The van der Waals surface area contributed by atoms with Crippen molar-refractivity contribution >= 4 is 38.9 Å². The van der Waals surface area contributed by atoms with Crippen molar-refractivity contribution in [2.75, 3.05) is 5.32 Å². The predicted octanol–water partition coefficient (Wildman–Crippen LogP) is 4.76. The number of hydrogen-bond acceptors (Lipinski definition) is 7. The number of hydrogen-bond donors (Lipinski definition) is 1. The number of nitrogens with one attached hydrogen (secondary N) is 1. The molecule has 0 aliphatic carbocycles. The largest absolute Gasteiger partial charge is 0.324 e. The van der Waals surface area contributed by atoms with Gasteiger partial charge in [0, 0.05) is 18.0 Å². The first-order valence-electron chi connectivity index (χ1n) is 8.02. The quantitative estimate of drug-likeness (QED) is 0.510. The minimum atomic E-state index is -0.542. The minimum absolute atomic E-state index is 0.117. The number of benzene rings is 1. The average molecular weight is 387 g/mol. The van der Waals surface area contributed by atoms with Gasteiger partial charge in [-0.15, -0.1) is 11.3 Å². The van der Waals surface area contributed by atoms with E-state index in [1.807, 2.05) is 6.92 Å². The maximum Gasteiger partial charge on any atom is 0.200 e. The molecule has 28 heavy (non-hydrogen) atoms. The molecule has 1 N–H and O–H groups in total. The number of anilines is 2. The van der Waals surface area contributed by atoms with Crippen LogP contribution in [0.1, 0.15) is 11.3 Å². The van der Waals surface area contributed by atoms with E-state index in [1.165, 1.54) is 30.7 Å². The summed E-state index contributed by atoms with van der Waals surface area (Å²) < 4.78 is 15.0. The van der Waals surface area contributed by atoms with Crippen molar-refractivity contribution in [1.82, 2.24) is 19.9 Å². The van der Waals surface area contributed by atoms with Gasteiger partial charge in [-0.05, 0) is 13.0 Å². The van der Waals surface area contributed by atoms with Gasteiger partial charge in [0.25, 0.3) is 0 Å². The first-order chi connectivity index (χ1) is 13.6. The van der Waals surface area contributed by atoms with Gasteiger partial charge in [0.1, 0.15) is 34.6 Å². The first kappa shape index (κ1) is 17.5. The van der Waals surface area contributed by atoms with Gasteiger partial charge in [-0.25, -0.2) is 29.2 Å². The molecule has 0 aliphatic rings. The molecule has 0 saturated carbocycles. The topological polar surface area (TPSA) is 91.7 Å². The van der Waals surface area contributed by atoms with Gasteiger partial charge in [0.15, 0.2) is 11.5 Å². The van der Waals surface area contributed by atoms with Crippen LogP contribution in [0, 0.1) is 30.6 Å². The maximum atomic E-state index is 14.4. The Balaban J connectivity index is 1.92. The fourth-order valence-electron chi connectivity index (χ4n) is 2.65. The number of nitrogens with zero attached hydrogens (tertiary/aromatic N) is 6. The lowest BCUT2D eigenvalue weighted by atomic mass is 10.2. The van der Waals surface area contributed by atoms with E-state index in [0.717, 1.165) is 17.0 Å². The molecule has 4 aromatic rings. The Kier molecular flexibility index (Phi) is 4.36. The molecule has 0 amide bonds. The van der Waals surface area contributed by atoms with Crippen LogP contribution in [-0.4, -0.2) is 19.9 Å². The summed E-state index contributed by atoms with van der Waals surface area (Å²) in [5.41, 5.74) is 1.71. The summed E-state index contributed by atoms with van der Waals surface area (Å²) in [5, 5.41) is 12.8. The molecule has 0 atom stereocenters. The number of nitriles is 1. The van der Waals surface area contributed by atoms with Crippen molar-refractivity contribution in [1.29, 1.82) is 5.26 Å². The summed E-state index contributed by atoms with van der Waals surface area (Å²) in [7, 11) is 0. The van der Waals surface area contributed by atoms with Crippen molar-refractivity contribution in [3.05, 3.63) is 65.3 Å². The molecule has 0 unspecified atom stereocenters. The van der Waals surface area contributed by atoms with Gasteiger partial charge >= 0.3 is 0 Å². The second-order valence-corrected chi connectivity index (χ2v) is 6.74. The Morgan fingerprint density at radius 1 is 1.29 bits per heavy atom. The van der Waals surface area contributed by atoms with E-state index in [4.69, 9.17) is 6.57 Å². The molecule has 134 valence electrons. The molecule has 3 aromatic heterocycles. The predicted molar refractivity (Wildman–Crippen MR) is 104 cm³/mol. The normalized spacial score (nSPS) is 10.4. The van der Waals surface area contributed by atoms with Crippen molar-refractivity contribution in [2.45, 2.75) is 6.92 Å². The third-order valence-corrected chi connectivity index (χ3v) is 5.00. The minimum Gasteiger partial charge on any atom is -0.324 e. The van der Waals surface area contributed by atoms with Crippen LogP contribution < -0.4 is 5.32 Å². The van der Waals surface area contributed by atoms with Crippen molar-refractivity contribution in [2.24, 2.45) is 0 Å². The zero-order valence-electron chi connectivity index (χ0n) is 14.4. The summed E-state index contributed by atoms with van der Waals surface area (Å²) in [5.74, 6) is 0.435. The lowest BCUT2D eigenvalue weighted by Crippen LogP contribution is -1.98. The fourth-order valence-corrected chi connectivity index (χ4v) is 3.74. The highest BCUT2D eigenvalue weighted by Crippen LogP contribution is 2.40. The molecule has 0 saturated heterocycles. The zero-order chi connectivity index (χ0) is 19.7. The molecule has 0 radical (unpaired) electrons. The summed E-state index contributed by atoms with van der Waals surface area (Å²) in [6.45, 7) is 9.14. The monoisotopic (exact) mass is 387 g/mol. The molecule has 9 heteroatoms. The van der Waals surface area contributed by atoms with E-state index in [-0.39, 0.29) is 16.8 Å². The van der Waals surface area contributed by atoms with Crippen LogP contribution in [0.4, 0.5) is 21.7 Å². The van der Waals surface area contributed by atoms with Crippen molar-refractivity contribution in [3.8, 4) is 16.6 Å². The number of thiazole rings is 1. The first-order valence-corrected chi connectivity index (χ1v) is 8.84. The molecule has 0 bridgehead atoms. The second-order valence-electron chi connectivity index (χ2n) is 5.74. The molecule has 4 rings (SSSR count). The number of rotatable bonds is 3. The highest BCUT2D eigenvalue weighted by atomic mass is 32.1. The van der Waals surface area contributed by atoms with Gasteiger partial charge in [0.2, 0.25) is 0 Å². The van der Waals surface area contributed by atoms with Crippen LogP contribution in [0.2, 0.25) is 0 Å². The Morgan fingerprint density at radius 3 is 2.89 bits per heavy atom. The van der Waals surface area contributed by atoms with Crippen LogP contribution in [0.3, 0.4) is 0 Å². The molecular weight excluding hydrogens is 377 g/mol. The summed E-state index contributed by atoms with van der Waals surface area (Å²) in [6, 6.07) is 8.09. The lowest BCUT2D eigenvalue weighted by Gasteiger charge is -2.05. The second kappa shape index (κ2) is 6.99. The van der Waals surface area contributed by atoms with Gasteiger partial charge in [-0.1, -0.05) is 12.1 Å². The maximum absolute atomic E-state index is 14.4. The molecular formula is C19H10FN7S. The Hall–Kier alpha value is -3.95. The molecule has 7 nitrogen and oxygen atoms in total. The standard InChI is InChI=1S/C19H10FN7S/c1-10-6-14(25-9-24-10)26-18-17-16(11(7-21)8-23-18)27-19(28-17)15-12(20)4-3-5-13(15)22-2/h3-6,8-9H,1H3,(H,23,24,25,26). The number of halogens is 1. The SMILES string of the molecule is [C-]#[N+]c1cccc(F)c1-c1nc2c(C#N)cnc(Nc3cc(C)ncn3)c2s1. The average Bonchev–Trinajstić information content (AvgIpc) is 3.13. The van der Waals surface area contributed by atoms with Crippen LogP contribution in [-0.2, 0) is 0 Å². The van der Waals surface area contributed by atoms with E-state index in [1.54, 1.807) is 6.07 Å². The molecule has 3 heterocycles. The third-order valence-electron chi connectivity index (χ3n) is 3.92. The van der Waals surface area contributed by atoms with E-state index < -0.39 is 5.82 Å². The Bertz CT molecular complexity index is 1300. The number of fused-ring (bicyclic) bond motifs is 1. The van der Waals surface area contributed by atoms with E-state index in [0.29, 0.717) is 26.9 Å².